The van der Waals surface area contributed by atoms with Gasteiger partial charge in [0.15, 0.2) is 0 Å². The normalized spacial score (nSPS) is 10.0. The summed E-state index contributed by atoms with van der Waals surface area (Å²) in [5.41, 5.74) is 0.925. The highest BCUT2D eigenvalue weighted by molar-refractivity contribution is 5.94. The van der Waals surface area contributed by atoms with Crippen LogP contribution in [0.1, 0.15) is 17.3 Å². The summed E-state index contributed by atoms with van der Waals surface area (Å²) in [5, 5.41) is 17.9. The average Bonchev–Trinajstić information content (AvgIpc) is 2.26. The Hall–Kier alpha value is -1.55. The molecule has 1 rings (SSSR count). The van der Waals surface area contributed by atoms with E-state index in [0.717, 1.165) is 0 Å². The molecule has 2 N–H and O–H groups in total. The van der Waals surface area contributed by atoms with Crippen molar-refractivity contribution >= 4 is 11.7 Å². The molecule has 0 aliphatic heterocycles. The van der Waals surface area contributed by atoms with Crippen molar-refractivity contribution in [1.29, 1.82) is 0 Å². The van der Waals surface area contributed by atoms with Crippen molar-refractivity contribution in [3.63, 3.8) is 0 Å². The smallest absolute Gasteiger partial charge is 0.337 e. The quantitative estimate of drug-likeness (QED) is 0.765. The lowest BCUT2D eigenvalue weighted by Crippen LogP contribution is -2.27. The summed E-state index contributed by atoms with van der Waals surface area (Å²) < 4.78 is 0. The molecule has 1 aromatic carbocycles. The van der Waals surface area contributed by atoms with E-state index >= 15 is 0 Å². The van der Waals surface area contributed by atoms with Gasteiger partial charge in [-0.2, -0.15) is 0 Å². The first-order chi connectivity index (χ1) is 7.20. The van der Waals surface area contributed by atoms with Gasteiger partial charge in [0.1, 0.15) is 0 Å². The average molecular weight is 209 g/mol. The van der Waals surface area contributed by atoms with E-state index in [-0.39, 0.29) is 12.2 Å². The van der Waals surface area contributed by atoms with E-state index in [0.29, 0.717) is 18.8 Å². The predicted molar refractivity (Wildman–Crippen MR) is 58.4 cm³/mol. The number of nitrogens with zero attached hydrogens (tertiary/aromatic N) is 1. The number of likely N-dealkylation sites (N-methyl/N-ethyl adjacent to an activating group) is 1. The summed E-state index contributed by atoms with van der Waals surface area (Å²) in [5.74, 6) is -0.943. The number of hydrogen-bond donors (Lipinski definition) is 2. The Balaban J connectivity index is 3.04. The first-order valence-corrected chi connectivity index (χ1v) is 4.88. The van der Waals surface area contributed by atoms with Crippen LogP contribution in [-0.2, 0) is 0 Å². The molecule has 0 radical (unpaired) electrons. The zero-order valence-electron chi connectivity index (χ0n) is 8.68. The van der Waals surface area contributed by atoms with Gasteiger partial charge in [-0.3, -0.25) is 0 Å². The third-order valence-corrected chi connectivity index (χ3v) is 2.23. The summed E-state index contributed by atoms with van der Waals surface area (Å²) in [7, 11) is 0. The first kappa shape index (κ1) is 11.5. The Bertz CT molecular complexity index is 338. The second-order valence-corrected chi connectivity index (χ2v) is 3.13. The molecule has 0 aliphatic carbocycles. The van der Waals surface area contributed by atoms with Crippen molar-refractivity contribution in [2.45, 2.75) is 6.92 Å². The lowest BCUT2D eigenvalue weighted by atomic mass is 10.1. The van der Waals surface area contributed by atoms with E-state index in [9.17, 15) is 4.79 Å². The topological polar surface area (TPSA) is 60.8 Å². The number of carboxylic acid groups (broad SMARTS) is 1. The van der Waals surface area contributed by atoms with E-state index in [1.165, 1.54) is 0 Å². The third-order valence-electron chi connectivity index (χ3n) is 2.23. The largest absolute Gasteiger partial charge is 0.478 e. The summed E-state index contributed by atoms with van der Waals surface area (Å²) >= 11 is 0. The van der Waals surface area contributed by atoms with Crippen LogP contribution in [0.15, 0.2) is 24.3 Å². The van der Waals surface area contributed by atoms with Gasteiger partial charge in [-0.15, -0.1) is 0 Å². The Morgan fingerprint density at radius 2 is 2.07 bits per heavy atom. The van der Waals surface area contributed by atoms with Gasteiger partial charge in [-0.1, -0.05) is 12.1 Å². The summed E-state index contributed by atoms with van der Waals surface area (Å²) in [6, 6.07) is 6.81. The van der Waals surface area contributed by atoms with Crippen molar-refractivity contribution in [2.75, 3.05) is 24.6 Å². The number of carbonyl (C=O) groups is 1. The summed E-state index contributed by atoms with van der Waals surface area (Å²) in [6.07, 6.45) is 0. The second-order valence-electron chi connectivity index (χ2n) is 3.13. The van der Waals surface area contributed by atoms with Gasteiger partial charge in [0.2, 0.25) is 0 Å². The van der Waals surface area contributed by atoms with Crippen LogP contribution in [0, 0.1) is 0 Å². The SMILES string of the molecule is CCN(CCO)c1ccccc1C(=O)O. The fourth-order valence-corrected chi connectivity index (χ4v) is 1.50. The van der Waals surface area contributed by atoms with Crippen LogP contribution < -0.4 is 4.90 Å². The zero-order chi connectivity index (χ0) is 11.3. The van der Waals surface area contributed by atoms with Crippen molar-refractivity contribution in [1.82, 2.24) is 0 Å². The lowest BCUT2D eigenvalue weighted by Gasteiger charge is -2.23. The molecule has 0 fully saturated rings. The molecule has 0 aliphatic rings. The summed E-state index contributed by atoms with van der Waals surface area (Å²) in [6.45, 7) is 3.06. The van der Waals surface area contributed by atoms with Gasteiger partial charge in [-0.05, 0) is 19.1 Å². The molecule has 0 atom stereocenters. The molecule has 4 nitrogen and oxygen atoms in total. The van der Waals surface area contributed by atoms with Gasteiger partial charge in [0.05, 0.1) is 17.9 Å². The maximum Gasteiger partial charge on any atom is 0.337 e. The molecule has 0 bridgehead atoms. The van der Waals surface area contributed by atoms with Crippen LogP contribution in [0.2, 0.25) is 0 Å². The number of carboxylic acids is 1. The zero-order valence-corrected chi connectivity index (χ0v) is 8.68. The van der Waals surface area contributed by atoms with Crippen LogP contribution in [0.3, 0.4) is 0 Å². The molecule has 15 heavy (non-hydrogen) atoms. The van der Waals surface area contributed by atoms with E-state index in [1.54, 1.807) is 24.3 Å². The van der Waals surface area contributed by atoms with E-state index < -0.39 is 5.97 Å². The van der Waals surface area contributed by atoms with Crippen molar-refractivity contribution in [2.24, 2.45) is 0 Å². The molecule has 82 valence electrons. The van der Waals surface area contributed by atoms with Crippen LogP contribution >= 0.6 is 0 Å². The number of aliphatic hydroxyl groups is 1. The fraction of sp³-hybridized carbons (Fsp3) is 0.364. The predicted octanol–water partition coefficient (Wildman–Crippen LogP) is 1.20. The van der Waals surface area contributed by atoms with Crippen molar-refractivity contribution in [3.8, 4) is 0 Å². The second kappa shape index (κ2) is 5.36. The monoisotopic (exact) mass is 209 g/mol. The number of para-hydroxylation sites is 1. The molecule has 1 aromatic rings. The first-order valence-electron chi connectivity index (χ1n) is 4.88. The van der Waals surface area contributed by atoms with E-state index in [1.807, 2.05) is 11.8 Å². The Labute approximate surface area is 88.8 Å². The maximum atomic E-state index is 11.0. The number of hydrogen-bond acceptors (Lipinski definition) is 3. The standard InChI is InChI=1S/C11H15NO3/c1-2-12(7-8-13)10-6-4-3-5-9(10)11(14)15/h3-6,13H,2,7-8H2,1H3,(H,14,15). The lowest BCUT2D eigenvalue weighted by molar-refractivity contribution is 0.0697. The molecule has 0 unspecified atom stereocenters. The molecule has 0 heterocycles. The highest BCUT2D eigenvalue weighted by Crippen LogP contribution is 2.19. The molecule has 0 aromatic heterocycles. The van der Waals surface area contributed by atoms with Crippen LogP contribution in [0.25, 0.3) is 0 Å². The van der Waals surface area contributed by atoms with Crippen molar-refractivity contribution in [3.05, 3.63) is 29.8 Å². The van der Waals surface area contributed by atoms with E-state index in [2.05, 4.69) is 0 Å². The van der Waals surface area contributed by atoms with Crippen LogP contribution in [-0.4, -0.2) is 35.9 Å². The van der Waals surface area contributed by atoms with Crippen LogP contribution in [0.4, 0.5) is 5.69 Å². The number of aromatic carboxylic acids is 1. The highest BCUT2D eigenvalue weighted by atomic mass is 16.4. The van der Waals surface area contributed by atoms with E-state index in [4.69, 9.17) is 10.2 Å². The molecule has 0 saturated heterocycles. The molecular formula is C11H15NO3. The number of benzene rings is 1. The minimum absolute atomic E-state index is 0.0157. The molecule has 0 amide bonds. The van der Waals surface area contributed by atoms with Gasteiger partial charge >= 0.3 is 5.97 Å². The Morgan fingerprint density at radius 3 is 2.60 bits per heavy atom. The Kier molecular flexibility index (Phi) is 4.12. The minimum Gasteiger partial charge on any atom is -0.478 e. The number of aliphatic hydroxyl groups excluding tert-OH is 1. The third kappa shape index (κ3) is 2.70. The fourth-order valence-electron chi connectivity index (χ4n) is 1.50. The van der Waals surface area contributed by atoms with Gasteiger partial charge in [0.25, 0.3) is 0 Å². The van der Waals surface area contributed by atoms with Gasteiger partial charge in [0, 0.05) is 13.1 Å². The Morgan fingerprint density at radius 1 is 1.40 bits per heavy atom. The maximum absolute atomic E-state index is 11.0. The van der Waals surface area contributed by atoms with Gasteiger partial charge in [-0.25, -0.2) is 4.79 Å². The molecule has 0 spiro atoms. The molecule has 0 saturated carbocycles. The highest BCUT2D eigenvalue weighted by Gasteiger charge is 2.13. The van der Waals surface area contributed by atoms with Gasteiger partial charge < -0.3 is 15.1 Å². The molecule has 4 heteroatoms. The number of anilines is 1. The molecular weight excluding hydrogens is 194 g/mol. The number of rotatable bonds is 5. The minimum atomic E-state index is -0.943. The van der Waals surface area contributed by atoms with Crippen molar-refractivity contribution < 1.29 is 15.0 Å². The summed E-state index contributed by atoms with van der Waals surface area (Å²) in [4.78, 5) is 12.8. The van der Waals surface area contributed by atoms with Crippen LogP contribution in [0.5, 0.6) is 0 Å².